The number of carbonyl (C=O) groups excluding carboxylic acids is 2. The van der Waals surface area contributed by atoms with E-state index in [1.807, 2.05) is 0 Å². The Labute approximate surface area is 161 Å². The lowest BCUT2D eigenvalue weighted by Crippen LogP contribution is -2.24. The summed E-state index contributed by atoms with van der Waals surface area (Å²) in [6, 6.07) is 11.6. The van der Waals surface area contributed by atoms with E-state index in [0.717, 1.165) is 0 Å². The lowest BCUT2D eigenvalue weighted by Gasteiger charge is -2.13. The molecule has 0 aliphatic carbocycles. The summed E-state index contributed by atoms with van der Waals surface area (Å²) in [5, 5.41) is 0.399. The molecule has 7 nitrogen and oxygen atoms in total. The van der Waals surface area contributed by atoms with Crippen LogP contribution in [-0.2, 0) is 24.3 Å². The number of rotatable bonds is 5. The highest BCUT2D eigenvalue weighted by Gasteiger charge is 2.35. The van der Waals surface area contributed by atoms with Gasteiger partial charge in [-0.3, -0.25) is 4.72 Å². The number of esters is 2. The first-order valence-corrected chi connectivity index (χ1v) is 9.91. The van der Waals surface area contributed by atoms with E-state index >= 15 is 0 Å². The maximum absolute atomic E-state index is 12.5. The minimum absolute atomic E-state index is 0.0109. The average Bonchev–Trinajstić information content (AvgIpc) is 2.92. The third-order valence-electron chi connectivity index (χ3n) is 3.89. The van der Waals surface area contributed by atoms with E-state index in [9.17, 15) is 18.0 Å². The highest BCUT2D eigenvalue weighted by atomic mass is 35.5. The Morgan fingerprint density at radius 2 is 1.85 bits per heavy atom. The molecule has 3 rings (SSSR count). The van der Waals surface area contributed by atoms with Crippen LogP contribution in [0.3, 0.4) is 0 Å². The van der Waals surface area contributed by atoms with Crippen LogP contribution in [0.2, 0.25) is 5.02 Å². The third kappa shape index (κ3) is 4.40. The molecule has 1 heterocycles. The molecule has 27 heavy (non-hydrogen) atoms. The fraction of sp³-hybridized carbons (Fsp3) is 0.222. The topological polar surface area (TPSA) is 98.8 Å². The van der Waals surface area contributed by atoms with Gasteiger partial charge in [-0.15, -0.1) is 0 Å². The predicted octanol–water partition coefficient (Wildman–Crippen LogP) is 3.00. The smallest absolute Gasteiger partial charge is 0.347 e. The molecule has 2 aromatic rings. The standard InChI is InChI=1S/C18H16ClNO6S/c1-11-10-16(18(22)25-11)26-17(21)14-4-2-3-5-15(14)20-27(23,24)13-8-6-12(19)7-9-13/h2-9,11,16,20H,10H2,1H3. The zero-order chi connectivity index (χ0) is 19.6. The zero-order valence-corrected chi connectivity index (χ0v) is 15.8. The van der Waals surface area contributed by atoms with Crippen LogP contribution in [0.25, 0.3) is 0 Å². The Bertz CT molecular complexity index is 974. The van der Waals surface area contributed by atoms with Gasteiger partial charge in [0.05, 0.1) is 16.1 Å². The van der Waals surface area contributed by atoms with E-state index < -0.39 is 28.1 Å². The zero-order valence-electron chi connectivity index (χ0n) is 14.2. The number of cyclic esters (lactones) is 1. The summed E-state index contributed by atoms with van der Waals surface area (Å²) < 4.78 is 37.6. The van der Waals surface area contributed by atoms with Gasteiger partial charge in [0.25, 0.3) is 10.0 Å². The fourth-order valence-electron chi connectivity index (χ4n) is 2.58. The van der Waals surface area contributed by atoms with Crippen LogP contribution in [0, 0.1) is 0 Å². The minimum Gasteiger partial charge on any atom is -0.460 e. The van der Waals surface area contributed by atoms with E-state index in [0.29, 0.717) is 5.02 Å². The molecule has 9 heteroatoms. The molecule has 1 aliphatic rings. The van der Waals surface area contributed by atoms with E-state index in [-0.39, 0.29) is 28.7 Å². The first-order chi connectivity index (χ1) is 12.8. The van der Waals surface area contributed by atoms with E-state index in [4.69, 9.17) is 21.1 Å². The molecule has 0 amide bonds. The lowest BCUT2D eigenvalue weighted by molar-refractivity contribution is -0.147. The fourth-order valence-corrected chi connectivity index (χ4v) is 3.78. The Kier molecular flexibility index (Phi) is 5.38. The minimum atomic E-state index is -3.94. The molecule has 1 aliphatic heterocycles. The SMILES string of the molecule is CC1CC(OC(=O)c2ccccc2NS(=O)(=O)c2ccc(Cl)cc2)C(=O)O1. The molecule has 0 aromatic heterocycles. The average molecular weight is 410 g/mol. The third-order valence-corrected chi connectivity index (χ3v) is 5.52. The number of ether oxygens (including phenoxy) is 2. The number of anilines is 1. The number of nitrogens with one attached hydrogen (secondary N) is 1. The van der Waals surface area contributed by atoms with Crippen molar-refractivity contribution in [1.82, 2.24) is 0 Å². The number of hydrogen-bond donors (Lipinski definition) is 1. The number of halogens is 1. The summed E-state index contributed by atoms with van der Waals surface area (Å²) in [5.74, 6) is -1.43. The number of carbonyl (C=O) groups is 2. The monoisotopic (exact) mass is 409 g/mol. The van der Waals surface area contributed by atoms with Crippen LogP contribution in [0.4, 0.5) is 5.69 Å². The van der Waals surface area contributed by atoms with Gasteiger partial charge in [0, 0.05) is 11.4 Å². The van der Waals surface area contributed by atoms with E-state index in [1.165, 1.54) is 36.4 Å². The molecule has 1 fully saturated rings. The van der Waals surface area contributed by atoms with Gasteiger partial charge in [-0.25, -0.2) is 18.0 Å². The molecule has 1 N–H and O–H groups in total. The number of hydrogen-bond acceptors (Lipinski definition) is 6. The van der Waals surface area contributed by atoms with Crippen molar-refractivity contribution >= 4 is 39.3 Å². The van der Waals surface area contributed by atoms with Crippen molar-refractivity contribution in [2.24, 2.45) is 0 Å². The summed E-state index contributed by atoms with van der Waals surface area (Å²) >= 11 is 5.78. The maximum Gasteiger partial charge on any atom is 0.347 e. The maximum atomic E-state index is 12.5. The summed E-state index contributed by atoms with van der Waals surface area (Å²) in [6.45, 7) is 1.69. The van der Waals surface area contributed by atoms with Gasteiger partial charge in [-0.05, 0) is 43.3 Å². The molecule has 0 saturated carbocycles. The molecule has 0 spiro atoms. The van der Waals surface area contributed by atoms with Crippen LogP contribution in [-0.4, -0.2) is 32.6 Å². The highest BCUT2D eigenvalue weighted by Crippen LogP contribution is 2.24. The van der Waals surface area contributed by atoms with Gasteiger partial charge < -0.3 is 9.47 Å². The molecule has 2 atom stereocenters. The highest BCUT2D eigenvalue weighted by molar-refractivity contribution is 7.92. The second kappa shape index (κ2) is 7.58. The number of para-hydroxylation sites is 1. The van der Waals surface area contributed by atoms with E-state index in [2.05, 4.69) is 4.72 Å². The van der Waals surface area contributed by atoms with Crippen molar-refractivity contribution in [2.75, 3.05) is 4.72 Å². The second-order valence-corrected chi connectivity index (χ2v) is 8.10. The Morgan fingerprint density at radius 1 is 1.19 bits per heavy atom. The number of sulfonamides is 1. The van der Waals surface area contributed by atoms with E-state index in [1.54, 1.807) is 19.1 Å². The van der Waals surface area contributed by atoms with Crippen molar-refractivity contribution in [1.29, 1.82) is 0 Å². The van der Waals surface area contributed by atoms with Crippen LogP contribution in [0.5, 0.6) is 0 Å². The van der Waals surface area contributed by atoms with Crippen molar-refractivity contribution in [3.05, 3.63) is 59.1 Å². The molecular weight excluding hydrogens is 394 g/mol. The summed E-state index contributed by atoms with van der Waals surface area (Å²) in [5.41, 5.74) is 0.0271. The van der Waals surface area contributed by atoms with Crippen LogP contribution in [0.15, 0.2) is 53.4 Å². The van der Waals surface area contributed by atoms with Crippen LogP contribution in [0.1, 0.15) is 23.7 Å². The Balaban J connectivity index is 1.82. The molecule has 2 aromatic carbocycles. The summed E-state index contributed by atoms with van der Waals surface area (Å²) in [7, 11) is -3.94. The molecule has 2 unspecified atom stereocenters. The van der Waals surface area contributed by atoms with Crippen molar-refractivity contribution in [3.63, 3.8) is 0 Å². The molecule has 1 saturated heterocycles. The first kappa shape index (κ1) is 19.2. The van der Waals surface area contributed by atoms with Gasteiger partial charge in [-0.1, -0.05) is 23.7 Å². The summed E-state index contributed by atoms with van der Waals surface area (Å²) in [6.07, 6.45) is -1.09. The van der Waals surface area contributed by atoms with Crippen molar-refractivity contribution < 1.29 is 27.5 Å². The lowest BCUT2D eigenvalue weighted by atomic mass is 10.2. The second-order valence-electron chi connectivity index (χ2n) is 5.98. The quantitative estimate of drug-likeness (QED) is 0.762. The van der Waals surface area contributed by atoms with Gasteiger partial charge >= 0.3 is 11.9 Å². The Morgan fingerprint density at radius 3 is 2.48 bits per heavy atom. The normalized spacial score (nSPS) is 19.4. The van der Waals surface area contributed by atoms with Gasteiger partial charge in [0.1, 0.15) is 6.10 Å². The molecule has 0 bridgehead atoms. The van der Waals surface area contributed by atoms with Crippen molar-refractivity contribution in [3.8, 4) is 0 Å². The molecule has 0 radical (unpaired) electrons. The predicted molar refractivity (Wildman–Crippen MR) is 98.1 cm³/mol. The van der Waals surface area contributed by atoms with Gasteiger partial charge in [0.15, 0.2) is 0 Å². The van der Waals surface area contributed by atoms with Crippen molar-refractivity contribution in [2.45, 2.75) is 30.4 Å². The van der Waals surface area contributed by atoms with Gasteiger partial charge in [0.2, 0.25) is 6.10 Å². The molecular formula is C18H16ClNO6S. The molecule has 142 valence electrons. The largest absolute Gasteiger partial charge is 0.460 e. The van der Waals surface area contributed by atoms with Crippen LogP contribution < -0.4 is 4.72 Å². The van der Waals surface area contributed by atoms with Gasteiger partial charge in [-0.2, -0.15) is 0 Å². The Hall–Kier alpha value is -2.58. The number of benzene rings is 2. The van der Waals surface area contributed by atoms with Crippen LogP contribution >= 0.6 is 11.6 Å². The first-order valence-electron chi connectivity index (χ1n) is 8.05. The summed E-state index contributed by atoms with van der Waals surface area (Å²) in [4.78, 5) is 24.1.